The number of aromatic nitrogens is 1. The van der Waals surface area contributed by atoms with Crippen LogP contribution in [0.15, 0.2) is 24.3 Å². The Labute approximate surface area is 124 Å². The lowest BCUT2D eigenvalue weighted by Gasteiger charge is -2.00. The van der Waals surface area contributed by atoms with Gasteiger partial charge in [0.05, 0.1) is 12.0 Å². The minimum absolute atomic E-state index is 0.00963. The van der Waals surface area contributed by atoms with Crippen LogP contribution in [0.25, 0.3) is 10.6 Å². The fraction of sp³-hybridized carbons (Fsp3) is 0.231. The lowest BCUT2D eigenvalue weighted by Crippen LogP contribution is -2.05. The number of nitrogens with zero attached hydrogens (tertiary/aromatic N) is 2. The van der Waals surface area contributed by atoms with Crippen LogP contribution in [-0.2, 0) is 4.74 Å². The van der Waals surface area contributed by atoms with Gasteiger partial charge in [0.15, 0.2) is 10.7 Å². The molecule has 0 radical (unpaired) electrons. The van der Waals surface area contributed by atoms with Crippen molar-refractivity contribution < 1.29 is 14.5 Å². The maximum absolute atomic E-state index is 11.7. The largest absolute Gasteiger partial charge is 0.465 e. The first-order valence-corrected chi connectivity index (χ1v) is 6.96. The van der Waals surface area contributed by atoms with Crippen LogP contribution in [0.5, 0.6) is 0 Å². The van der Waals surface area contributed by atoms with Gasteiger partial charge >= 0.3 is 5.97 Å². The molecule has 21 heavy (non-hydrogen) atoms. The molecule has 0 aliphatic carbocycles. The van der Waals surface area contributed by atoms with Crippen LogP contribution in [0.1, 0.15) is 16.6 Å². The molecule has 2 rings (SSSR count). The number of anilines is 1. The van der Waals surface area contributed by atoms with Gasteiger partial charge in [-0.15, -0.1) is 11.3 Å². The Bertz CT molecular complexity index is 667. The molecule has 0 spiro atoms. The predicted octanol–water partition coefficient (Wildman–Crippen LogP) is 2.94. The highest BCUT2D eigenvalue weighted by molar-refractivity contribution is 7.17. The molecule has 7 nitrogen and oxygen atoms in total. The number of methoxy groups -OCH3 is 1. The van der Waals surface area contributed by atoms with Gasteiger partial charge in [-0.1, -0.05) is 0 Å². The van der Waals surface area contributed by atoms with E-state index in [1.165, 1.54) is 30.6 Å². The summed E-state index contributed by atoms with van der Waals surface area (Å²) in [5, 5.41) is 14.2. The van der Waals surface area contributed by atoms with Crippen molar-refractivity contribution in [1.29, 1.82) is 0 Å². The van der Waals surface area contributed by atoms with E-state index in [-0.39, 0.29) is 5.69 Å². The number of nitro groups is 1. The Kier molecular flexibility index (Phi) is 4.49. The zero-order valence-corrected chi connectivity index (χ0v) is 12.3. The van der Waals surface area contributed by atoms with E-state index >= 15 is 0 Å². The Morgan fingerprint density at radius 1 is 1.43 bits per heavy atom. The van der Waals surface area contributed by atoms with Gasteiger partial charge in [-0.25, -0.2) is 9.78 Å². The number of rotatable bonds is 5. The minimum atomic E-state index is -0.463. The minimum Gasteiger partial charge on any atom is -0.465 e. The summed E-state index contributed by atoms with van der Waals surface area (Å²) < 4.78 is 4.73. The molecule has 0 saturated carbocycles. The second-order valence-electron chi connectivity index (χ2n) is 4.02. The van der Waals surface area contributed by atoms with Gasteiger partial charge in [0.25, 0.3) is 5.69 Å². The molecular formula is C13H13N3O4S. The van der Waals surface area contributed by atoms with Crippen molar-refractivity contribution in [1.82, 2.24) is 4.98 Å². The molecule has 110 valence electrons. The van der Waals surface area contributed by atoms with Gasteiger partial charge in [0.1, 0.15) is 5.01 Å². The Morgan fingerprint density at radius 2 is 2.10 bits per heavy atom. The van der Waals surface area contributed by atoms with Gasteiger partial charge in [-0.3, -0.25) is 10.1 Å². The summed E-state index contributed by atoms with van der Waals surface area (Å²) in [6.45, 7) is 2.51. The molecule has 0 aliphatic rings. The third-order valence-electron chi connectivity index (χ3n) is 2.67. The van der Waals surface area contributed by atoms with Crippen LogP contribution in [0.3, 0.4) is 0 Å². The third-order valence-corrected chi connectivity index (χ3v) is 3.75. The summed E-state index contributed by atoms with van der Waals surface area (Å²) in [4.78, 5) is 26.6. The van der Waals surface area contributed by atoms with Crippen molar-refractivity contribution in [2.75, 3.05) is 19.0 Å². The Balaban J connectivity index is 2.39. The molecule has 1 heterocycles. The summed E-state index contributed by atoms with van der Waals surface area (Å²) in [5.41, 5.74) is 0.718. The lowest BCUT2D eigenvalue weighted by atomic mass is 10.2. The van der Waals surface area contributed by atoms with E-state index in [9.17, 15) is 14.9 Å². The van der Waals surface area contributed by atoms with E-state index in [2.05, 4.69) is 10.3 Å². The van der Waals surface area contributed by atoms with E-state index in [0.29, 0.717) is 27.8 Å². The number of hydrogen-bond acceptors (Lipinski definition) is 7. The average Bonchev–Trinajstić information content (AvgIpc) is 2.91. The standard InChI is InChI=1S/C13H13N3O4S/c1-3-14-11-10(13(17)20-2)21-12(15-11)8-4-6-9(7-5-8)16(18)19/h4-7,14H,3H2,1-2H3. The maximum atomic E-state index is 11.7. The van der Waals surface area contributed by atoms with Crippen molar-refractivity contribution in [3.05, 3.63) is 39.3 Å². The van der Waals surface area contributed by atoms with E-state index in [0.717, 1.165) is 0 Å². The Morgan fingerprint density at radius 3 is 2.62 bits per heavy atom. The highest BCUT2D eigenvalue weighted by Crippen LogP contribution is 2.32. The van der Waals surface area contributed by atoms with Crippen LogP contribution in [-0.4, -0.2) is 29.5 Å². The topological polar surface area (TPSA) is 94.4 Å². The lowest BCUT2D eigenvalue weighted by molar-refractivity contribution is -0.384. The number of benzene rings is 1. The summed E-state index contributed by atoms with van der Waals surface area (Å²) in [7, 11) is 1.31. The first-order chi connectivity index (χ1) is 10.1. The number of thiazole rings is 1. The predicted molar refractivity (Wildman–Crippen MR) is 79.7 cm³/mol. The quantitative estimate of drug-likeness (QED) is 0.518. The molecular weight excluding hydrogens is 294 g/mol. The van der Waals surface area contributed by atoms with Crippen LogP contribution in [0, 0.1) is 10.1 Å². The number of nitrogens with one attached hydrogen (secondary N) is 1. The normalized spacial score (nSPS) is 10.2. The summed E-state index contributed by atoms with van der Waals surface area (Å²) in [6.07, 6.45) is 0. The zero-order valence-electron chi connectivity index (χ0n) is 11.5. The molecule has 1 aromatic heterocycles. The molecule has 0 fully saturated rings. The Hall–Kier alpha value is -2.48. The van der Waals surface area contributed by atoms with E-state index < -0.39 is 10.9 Å². The van der Waals surface area contributed by atoms with E-state index in [4.69, 9.17) is 4.74 Å². The van der Waals surface area contributed by atoms with Crippen molar-refractivity contribution in [3.63, 3.8) is 0 Å². The first kappa shape index (κ1) is 14.9. The third kappa shape index (κ3) is 3.16. The molecule has 0 saturated heterocycles. The van der Waals surface area contributed by atoms with Crippen LogP contribution < -0.4 is 5.32 Å². The second-order valence-corrected chi connectivity index (χ2v) is 5.02. The summed E-state index contributed by atoms with van der Waals surface area (Å²) in [6, 6.07) is 6.02. The molecule has 1 N–H and O–H groups in total. The average molecular weight is 307 g/mol. The fourth-order valence-corrected chi connectivity index (χ4v) is 2.65. The molecule has 0 bridgehead atoms. The van der Waals surface area contributed by atoms with Crippen LogP contribution in [0.2, 0.25) is 0 Å². The van der Waals surface area contributed by atoms with Crippen molar-refractivity contribution in [3.8, 4) is 10.6 Å². The number of nitro benzene ring substituents is 1. The molecule has 0 unspecified atom stereocenters. The molecule has 0 amide bonds. The second kappa shape index (κ2) is 6.31. The van der Waals surface area contributed by atoms with Gasteiger partial charge in [-0.2, -0.15) is 0 Å². The molecule has 8 heteroatoms. The number of ether oxygens (including phenoxy) is 1. The SMILES string of the molecule is CCNc1nc(-c2ccc([N+](=O)[O-])cc2)sc1C(=O)OC. The smallest absolute Gasteiger partial charge is 0.351 e. The molecule has 1 aromatic carbocycles. The van der Waals surface area contributed by atoms with Crippen LogP contribution in [0.4, 0.5) is 11.5 Å². The highest BCUT2D eigenvalue weighted by atomic mass is 32.1. The first-order valence-electron chi connectivity index (χ1n) is 6.14. The number of esters is 1. The summed E-state index contributed by atoms with van der Waals surface area (Å²) in [5.74, 6) is -0.000635. The highest BCUT2D eigenvalue weighted by Gasteiger charge is 2.19. The van der Waals surface area contributed by atoms with Gasteiger partial charge in [-0.05, 0) is 19.1 Å². The van der Waals surface area contributed by atoms with Crippen molar-refractivity contribution >= 4 is 28.8 Å². The molecule has 0 atom stereocenters. The fourth-order valence-electron chi connectivity index (χ4n) is 1.69. The van der Waals surface area contributed by atoms with Crippen molar-refractivity contribution in [2.45, 2.75) is 6.92 Å². The van der Waals surface area contributed by atoms with Gasteiger partial charge < -0.3 is 10.1 Å². The van der Waals surface area contributed by atoms with E-state index in [1.807, 2.05) is 6.92 Å². The van der Waals surface area contributed by atoms with Gasteiger partial charge in [0, 0.05) is 24.2 Å². The van der Waals surface area contributed by atoms with E-state index in [1.54, 1.807) is 12.1 Å². The zero-order chi connectivity index (χ0) is 15.4. The van der Waals surface area contributed by atoms with Crippen molar-refractivity contribution in [2.24, 2.45) is 0 Å². The van der Waals surface area contributed by atoms with Gasteiger partial charge in [0.2, 0.25) is 0 Å². The number of non-ortho nitro benzene ring substituents is 1. The molecule has 0 aliphatic heterocycles. The number of hydrogen-bond donors (Lipinski definition) is 1. The van der Waals surface area contributed by atoms with Crippen LogP contribution >= 0.6 is 11.3 Å². The number of carbonyl (C=O) groups excluding carboxylic acids is 1. The maximum Gasteiger partial charge on any atom is 0.351 e. The number of carbonyl (C=O) groups is 1. The summed E-state index contributed by atoms with van der Waals surface area (Å²) >= 11 is 1.18. The monoisotopic (exact) mass is 307 g/mol. The molecule has 2 aromatic rings.